The second-order valence-electron chi connectivity index (χ2n) is 10.8. The van der Waals surface area contributed by atoms with Crippen molar-refractivity contribution in [3.8, 4) is 0 Å². The summed E-state index contributed by atoms with van der Waals surface area (Å²) in [5, 5.41) is 15.6. The molecular formula is C32H63NaO8S. The molecule has 2 N–H and O–H groups in total. The maximum absolute atomic E-state index is 11.8. The average molecular weight is 631 g/mol. The number of carboxylic acids is 2. The van der Waals surface area contributed by atoms with Gasteiger partial charge < -0.3 is 10.2 Å². The number of rotatable bonds is 30. The van der Waals surface area contributed by atoms with Crippen molar-refractivity contribution in [2.24, 2.45) is 0 Å². The Labute approximate surface area is 280 Å². The van der Waals surface area contributed by atoms with Gasteiger partial charge in [-0.15, -0.1) is 0 Å². The van der Waals surface area contributed by atoms with Gasteiger partial charge in [-0.2, -0.15) is 8.42 Å². The molecule has 0 aromatic carbocycles. The molecule has 0 saturated heterocycles. The summed E-state index contributed by atoms with van der Waals surface area (Å²) < 4.78 is 33.5. The zero-order valence-corrected chi connectivity index (χ0v) is 27.1. The van der Waals surface area contributed by atoms with Crippen LogP contribution in [-0.2, 0) is 28.4 Å². The van der Waals surface area contributed by atoms with Crippen LogP contribution in [0.5, 0.6) is 0 Å². The average Bonchev–Trinajstić information content (AvgIpc) is 2.93. The molecule has 10 heteroatoms. The van der Waals surface area contributed by atoms with Crippen LogP contribution in [0.25, 0.3) is 0 Å². The van der Waals surface area contributed by atoms with Crippen LogP contribution in [-0.4, -0.2) is 73.3 Å². The fraction of sp³-hybridized carbons (Fsp3) is 0.875. The third kappa shape index (κ3) is 44.0. The van der Waals surface area contributed by atoms with Gasteiger partial charge in [0.15, 0.2) is 0 Å². The number of carbonyl (C=O) groups is 2. The van der Waals surface area contributed by atoms with Crippen molar-refractivity contribution < 1.29 is 36.6 Å². The monoisotopic (exact) mass is 630 g/mol. The van der Waals surface area contributed by atoms with Crippen LogP contribution in [0.4, 0.5) is 0 Å². The van der Waals surface area contributed by atoms with Gasteiger partial charge in [0.05, 0.1) is 13.2 Å². The third-order valence-corrected chi connectivity index (χ3v) is 7.73. The summed E-state index contributed by atoms with van der Waals surface area (Å²) in [6.07, 6.45) is 31.3. The molecule has 0 atom stereocenters. The van der Waals surface area contributed by atoms with Crippen molar-refractivity contribution in [1.29, 1.82) is 0 Å². The van der Waals surface area contributed by atoms with E-state index in [1.54, 1.807) is 0 Å². The van der Waals surface area contributed by atoms with Crippen LogP contribution in [0.2, 0.25) is 0 Å². The molecule has 0 heterocycles. The molecule has 0 aromatic heterocycles. The standard InChI is InChI=1S/C28H58O4S.C4H4O4.Na.H/c1-3-5-7-9-11-13-15-17-19-21-23-25-27-31-33(29,30)32-28-26-24-22-20-18-16-14-12-10-8-6-4-2;5-3(6)1-2-4(7)8;;/h3-28H2,1-2H3;1-2H,(H,5,6)(H,7,8);;/b;2-1-;;. The molecule has 246 valence electrons. The van der Waals surface area contributed by atoms with Gasteiger partial charge in [0.2, 0.25) is 0 Å². The number of aliphatic carboxylic acids is 2. The molecule has 0 aliphatic heterocycles. The quantitative estimate of drug-likeness (QED) is 0.0458. The Morgan fingerprint density at radius 1 is 0.476 bits per heavy atom. The molecule has 0 spiro atoms. The predicted octanol–water partition coefficient (Wildman–Crippen LogP) is 8.73. The van der Waals surface area contributed by atoms with E-state index in [9.17, 15) is 18.0 Å². The van der Waals surface area contributed by atoms with E-state index >= 15 is 0 Å². The normalized spacial score (nSPS) is 11.2. The molecular weight excluding hydrogens is 567 g/mol. The van der Waals surface area contributed by atoms with E-state index in [0.29, 0.717) is 12.2 Å². The SMILES string of the molecule is CCCCCCCCCCCCCCOS(=O)(=O)OCCCCCCCCCCCCCC.O=C(O)/C=C\C(=O)O.[NaH]. The number of hydrogen-bond acceptors (Lipinski definition) is 6. The van der Waals surface area contributed by atoms with Crippen LogP contribution in [0, 0.1) is 0 Å². The van der Waals surface area contributed by atoms with E-state index in [1.165, 1.54) is 128 Å². The molecule has 0 aliphatic carbocycles. The molecule has 0 radical (unpaired) electrons. The summed E-state index contributed by atoms with van der Waals surface area (Å²) in [5.41, 5.74) is 0. The fourth-order valence-corrected chi connectivity index (χ4v) is 5.10. The summed E-state index contributed by atoms with van der Waals surface area (Å²) in [5.74, 6) is -2.51. The molecule has 0 amide bonds. The zero-order chi connectivity index (χ0) is 30.9. The second-order valence-corrected chi connectivity index (χ2v) is 12.1. The van der Waals surface area contributed by atoms with Crippen LogP contribution in [0.15, 0.2) is 12.2 Å². The Balaban J connectivity index is -0.00000147. The van der Waals surface area contributed by atoms with Gasteiger partial charge in [0.25, 0.3) is 0 Å². The third-order valence-electron chi connectivity index (χ3n) is 6.82. The van der Waals surface area contributed by atoms with E-state index in [1.807, 2.05) is 0 Å². The first-order valence-corrected chi connectivity index (χ1v) is 17.8. The van der Waals surface area contributed by atoms with Crippen molar-refractivity contribution >= 4 is 51.9 Å². The van der Waals surface area contributed by atoms with Gasteiger partial charge in [0.1, 0.15) is 0 Å². The predicted molar refractivity (Wildman–Crippen MR) is 175 cm³/mol. The molecule has 0 fully saturated rings. The fourth-order valence-electron chi connectivity index (χ4n) is 4.38. The molecule has 8 nitrogen and oxygen atoms in total. The summed E-state index contributed by atoms with van der Waals surface area (Å²) in [6, 6.07) is 0. The summed E-state index contributed by atoms with van der Waals surface area (Å²) >= 11 is 0. The molecule has 42 heavy (non-hydrogen) atoms. The first-order chi connectivity index (χ1) is 19.7. The first-order valence-electron chi connectivity index (χ1n) is 16.4. The van der Waals surface area contributed by atoms with Crippen LogP contribution in [0.1, 0.15) is 168 Å². The van der Waals surface area contributed by atoms with Crippen molar-refractivity contribution in [3.63, 3.8) is 0 Å². The zero-order valence-electron chi connectivity index (χ0n) is 26.3. The second kappa shape index (κ2) is 36.7. The van der Waals surface area contributed by atoms with E-state index in [0.717, 1.165) is 25.7 Å². The van der Waals surface area contributed by atoms with Crippen molar-refractivity contribution in [1.82, 2.24) is 0 Å². The van der Waals surface area contributed by atoms with E-state index < -0.39 is 22.3 Å². The van der Waals surface area contributed by atoms with Gasteiger partial charge in [-0.05, 0) is 12.8 Å². The molecule has 0 unspecified atom stereocenters. The minimum absolute atomic E-state index is 0. The summed E-state index contributed by atoms with van der Waals surface area (Å²) in [6.45, 7) is 5.01. The number of hydrogen-bond donors (Lipinski definition) is 2. The summed E-state index contributed by atoms with van der Waals surface area (Å²) in [7, 11) is -3.81. The Hall–Kier alpha value is -0.450. The van der Waals surface area contributed by atoms with Gasteiger partial charge in [-0.1, -0.05) is 155 Å². The minimum atomic E-state index is -3.81. The number of carboxylic acid groups (broad SMARTS) is 2. The Bertz CT molecular complexity index is 661. The van der Waals surface area contributed by atoms with Gasteiger partial charge in [-0.25, -0.2) is 18.0 Å². The van der Waals surface area contributed by atoms with Gasteiger partial charge in [-0.3, -0.25) is 0 Å². The topological polar surface area (TPSA) is 127 Å². The van der Waals surface area contributed by atoms with Crippen molar-refractivity contribution in [2.75, 3.05) is 13.2 Å². The van der Waals surface area contributed by atoms with E-state index in [-0.39, 0.29) is 42.8 Å². The number of unbranched alkanes of at least 4 members (excludes halogenated alkanes) is 22. The van der Waals surface area contributed by atoms with Gasteiger partial charge in [0, 0.05) is 12.2 Å². The summed E-state index contributed by atoms with van der Waals surface area (Å²) in [4.78, 5) is 19.1. The Morgan fingerprint density at radius 3 is 0.905 bits per heavy atom. The Kier molecular flexibility index (Phi) is 40.2. The molecule has 0 bridgehead atoms. The molecule has 0 aromatic rings. The van der Waals surface area contributed by atoms with Crippen LogP contribution < -0.4 is 0 Å². The molecule has 0 aliphatic rings. The van der Waals surface area contributed by atoms with E-state index in [4.69, 9.17) is 18.6 Å². The molecule has 0 saturated carbocycles. The van der Waals surface area contributed by atoms with Crippen molar-refractivity contribution in [2.45, 2.75) is 168 Å². The van der Waals surface area contributed by atoms with Crippen LogP contribution in [0.3, 0.4) is 0 Å². The van der Waals surface area contributed by atoms with E-state index in [2.05, 4.69) is 13.8 Å². The van der Waals surface area contributed by atoms with Crippen LogP contribution >= 0.6 is 0 Å². The maximum atomic E-state index is 11.8. The Morgan fingerprint density at radius 2 is 0.690 bits per heavy atom. The van der Waals surface area contributed by atoms with Crippen molar-refractivity contribution in [3.05, 3.63) is 12.2 Å². The molecule has 0 rings (SSSR count). The first kappa shape index (κ1) is 46.0. The van der Waals surface area contributed by atoms with Gasteiger partial charge >= 0.3 is 51.9 Å².